The van der Waals surface area contributed by atoms with Crippen molar-refractivity contribution in [2.45, 2.75) is 6.54 Å². The normalized spacial score (nSPS) is 17.3. The highest BCUT2D eigenvalue weighted by Gasteiger charge is 2.18. The standard InChI is InChI=1S/C14H21N3OS/c1-2-5-15-14(18)12-17-8-6-16(7-9-17)11-13-4-3-10-19-13/h2-4,10H,1,5-9,11-12H2,(H,15,18). The average molecular weight is 279 g/mol. The molecule has 19 heavy (non-hydrogen) atoms. The maximum atomic E-state index is 11.6. The van der Waals surface area contributed by atoms with Gasteiger partial charge in [-0.05, 0) is 11.4 Å². The molecular formula is C14H21N3OS. The van der Waals surface area contributed by atoms with Crippen LogP contribution in [0.25, 0.3) is 0 Å². The Morgan fingerprint density at radius 1 is 1.37 bits per heavy atom. The topological polar surface area (TPSA) is 35.6 Å². The van der Waals surface area contributed by atoms with Crippen molar-refractivity contribution in [1.82, 2.24) is 15.1 Å². The minimum atomic E-state index is 0.0895. The van der Waals surface area contributed by atoms with Gasteiger partial charge in [-0.2, -0.15) is 0 Å². The van der Waals surface area contributed by atoms with Gasteiger partial charge in [0.25, 0.3) is 0 Å². The fourth-order valence-corrected chi connectivity index (χ4v) is 2.92. The lowest BCUT2D eigenvalue weighted by atomic mass is 10.3. The fourth-order valence-electron chi connectivity index (χ4n) is 2.17. The van der Waals surface area contributed by atoms with Gasteiger partial charge in [-0.15, -0.1) is 17.9 Å². The van der Waals surface area contributed by atoms with Crippen LogP contribution in [0.1, 0.15) is 4.88 Å². The van der Waals surface area contributed by atoms with E-state index in [1.807, 2.05) is 11.3 Å². The van der Waals surface area contributed by atoms with Gasteiger partial charge >= 0.3 is 0 Å². The van der Waals surface area contributed by atoms with Gasteiger partial charge in [-0.25, -0.2) is 0 Å². The first-order chi connectivity index (χ1) is 9.28. The van der Waals surface area contributed by atoms with Gasteiger partial charge in [-0.1, -0.05) is 12.1 Å². The zero-order chi connectivity index (χ0) is 13.5. The summed E-state index contributed by atoms with van der Waals surface area (Å²) in [5.41, 5.74) is 0. The van der Waals surface area contributed by atoms with Crippen molar-refractivity contribution in [3.63, 3.8) is 0 Å². The lowest BCUT2D eigenvalue weighted by Gasteiger charge is -2.33. The molecule has 4 nitrogen and oxygen atoms in total. The number of thiophene rings is 1. The maximum absolute atomic E-state index is 11.6. The summed E-state index contributed by atoms with van der Waals surface area (Å²) in [6.07, 6.45) is 1.71. The van der Waals surface area contributed by atoms with Gasteiger partial charge < -0.3 is 5.32 Å². The second-order valence-corrected chi connectivity index (χ2v) is 5.76. The quantitative estimate of drug-likeness (QED) is 0.794. The summed E-state index contributed by atoms with van der Waals surface area (Å²) >= 11 is 1.81. The molecule has 1 aromatic rings. The van der Waals surface area contributed by atoms with Crippen LogP contribution in [0.4, 0.5) is 0 Å². The highest BCUT2D eigenvalue weighted by molar-refractivity contribution is 7.09. The Hall–Kier alpha value is -1.17. The fraction of sp³-hybridized carbons (Fsp3) is 0.500. The second-order valence-electron chi connectivity index (χ2n) is 4.72. The van der Waals surface area contributed by atoms with Crippen LogP contribution in [-0.4, -0.2) is 55.0 Å². The number of hydrogen-bond acceptors (Lipinski definition) is 4. The molecule has 5 heteroatoms. The van der Waals surface area contributed by atoms with Crippen molar-refractivity contribution < 1.29 is 4.79 Å². The highest BCUT2D eigenvalue weighted by atomic mass is 32.1. The molecule has 1 aromatic heterocycles. The van der Waals surface area contributed by atoms with Crippen LogP contribution in [0.2, 0.25) is 0 Å². The molecule has 0 unspecified atom stereocenters. The first-order valence-corrected chi connectivity index (χ1v) is 7.50. The molecule has 0 atom stereocenters. The first kappa shape index (κ1) is 14.2. The van der Waals surface area contributed by atoms with E-state index in [-0.39, 0.29) is 5.91 Å². The summed E-state index contributed by atoms with van der Waals surface area (Å²) in [6.45, 7) is 9.68. The summed E-state index contributed by atoms with van der Waals surface area (Å²) in [5, 5.41) is 4.94. The molecule has 1 amide bonds. The van der Waals surface area contributed by atoms with E-state index in [9.17, 15) is 4.79 Å². The number of carbonyl (C=O) groups is 1. The van der Waals surface area contributed by atoms with Crippen molar-refractivity contribution in [2.75, 3.05) is 39.3 Å². The van der Waals surface area contributed by atoms with Crippen molar-refractivity contribution in [3.05, 3.63) is 35.0 Å². The SMILES string of the molecule is C=CCNC(=O)CN1CCN(Cc2cccs2)CC1. The lowest BCUT2D eigenvalue weighted by Crippen LogP contribution is -2.49. The summed E-state index contributed by atoms with van der Waals surface area (Å²) in [6, 6.07) is 4.28. The number of amides is 1. The van der Waals surface area contributed by atoms with Crippen LogP contribution in [0.3, 0.4) is 0 Å². The Kier molecular flexibility index (Phi) is 5.57. The van der Waals surface area contributed by atoms with E-state index in [1.54, 1.807) is 6.08 Å². The van der Waals surface area contributed by atoms with E-state index in [1.165, 1.54) is 4.88 Å². The van der Waals surface area contributed by atoms with Gasteiger partial charge in [0.2, 0.25) is 5.91 Å². The number of nitrogens with one attached hydrogen (secondary N) is 1. The van der Waals surface area contributed by atoms with Gasteiger partial charge in [0, 0.05) is 44.1 Å². The van der Waals surface area contributed by atoms with Crippen LogP contribution in [-0.2, 0) is 11.3 Å². The Balaban J connectivity index is 1.67. The third kappa shape index (κ3) is 4.78. The third-order valence-corrected chi connectivity index (χ3v) is 4.10. The Morgan fingerprint density at radius 2 is 2.11 bits per heavy atom. The molecule has 0 saturated carbocycles. The van der Waals surface area contributed by atoms with E-state index >= 15 is 0 Å². The summed E-state index contributed by atoms with van der Waals surface area (Å²) in [4.78, 5) is 17.7. The van der Waals surface area contributed by atoms with Crippen LogP contribution < -0.4 is 5.32 Å². The zero-order valence-electron chi connectivity index (χ0n) is 11.2. The van der Waals surface area contributed by atoms with Crippen molar-refractivity contribution in [3.8, 4) is 0 Å². The summed E-state index contributed by atoms with van der Waals surface area (Å²) in [5.74, 6) is 0.0895. The number of nitrogens with zero attached hydrogens (tertiary/aromatic N) is 2. The molecule has 2 rings (SSSR count). The van der Waals surface area contributed by atoms with Crippen molar-refractivity contribution >= 4 is 17.2 Å². The average Bonchev–Trinajstić information content (AvgIpc) is 2.91. The van der Waals surface area contributed by atoms with Crippen LogP contribution in [0.5, 0.6) is 0 Å². The molecule has 0 aromatic carbocycles. The zero-order valence-corrected chi connectivity index (χ0v) is 12.0. The number of carbonyl (C=O) groups excluding carboxylic acids is 1. The van der Waals surface area contributed by atoms with Gasteiger partial charge in [0.1, 0.15) is 0 Å². The molecule has 0 aliphatic carbocycles. The van der Waals surface area contributed by atoms with Crippen LogP contribution in [0, 0.1) is 0 Å². The minimum absolute atomic E-state index is 0.0895. The van der Waals surface area contributed by atoms with Gasteiger partial charge in [0.15, 0.2) is 0 Å². The largest absolute Gasteiger partial charge is 0.352 e. The van der Waals surface area contributed by atoms with Gasteiger partial charge in [0.05, 0.1) is 6.54 Å². The molecule has 1 aliphatic rings. The smallest absolute Gasteiger partial charge is 0.234 e. The summed E-state index contributed by atoms with van der Waals surface area (Å²) in [7, 11) is 0. The van der Waals surface area contributed by atoms with Crippen molar-refractivity contribution in [2.24, 2.45) is 0 Å². The van der Waals surface area contributed by atoms with E-state index < -0.39 is 0 Å². The monoisotopic (exact) mass is 279 g/mol. The molecule has 2 heterocycles. The predicted molar refractivity (Wildman–Crippen MR) is 79.2 cm³/mol. The Bertz CT molecular complexity index is 397. The number of rotatable bonds is 6. The van der Waals surface area contributed by atoms with Crippen LogP contribution >= 0.6 is 11.3 Å². The van der Waals surface area contributed by atoms with E-state index in [2.05, 4.69) is 39.2 Å². The molecule has 1 aliphatic heterocycles. The number of piperazine rings is 1. The molecule has 1 N–H and O–H groups in total. The molecule has 0 bridgehead atoms. The molecule has 1 saturated heterocycles. The molecule has 1 fully saturated rings. The van der Waals surface area contributed by atoms with E-state index in [4.69, 9.17) is 0 Å². The maximum Gasteiger partial charge on any atom is 0.234 e. The second kappa shape index (κ2) is 7.43. The minimum Gasteiger partial charge on any atom is -0.352 e. The Labute approximate surface area is 118 Å². The highest BCUT2D eigenvalue weighted by Crippen LogP contribution is 2.13. The summed E-state index contributed by atoms with van der Waals surface area (Å²) < 4.78 is 0. The van der Waals surface area contributed by atoms with E-state index in [0.717, 1.165) is 32.7 Å². The predicted octanol–water partition coefficient (Wildman–Crippen LogP) is 1.17. The van der Waals surface area contributed by atoms with Crippen molar-refractivity contribution in [1.29, 1.82) is 0 Å². The molecule has 0 radical (unpaired) electrons. The Morgan fingerprint density at radius 3 is 2.74 bits per heavy atom. The number of hydrogen-bond donors (Lipinski definition) is 1. The molecule has 104 valence electrons. The van der Waals surface area contributed by atoms with Crippen LogP contribution in [0.15, 0.2) is 30.2 Å². The first-order valence-electron chi connectivity index (χ1n) is 6.62. The third-order valence-electron chi connectivity index (χ3n) is 3.24. The molecular weight excluding hydrogens is 258 g/mol. The van der Waals surface area contributed by atoms with E-state index in [0.29, 0.717) is 13.1 Å². The molecule has 0 spiro atoms. The van der Waals surface area contributed by atoms with Gasteiger partial charge in [-0.3, -0.25) is 14.6 Å². The lowest BCUT2D eigenvalue weighted by molar-refractivity contribution is -0.122.